The van der Waals surface area contributed by atoms with E-state index in [4.69, 9.17) is 4.74 Å². The third kappa shape index (κ3) is 9.73. The second-order valence-electron chi connectivity index (χ2n) is 7.71. The predicted octanol–water partition coefficient (Wildman–Crippen LogP) is 1.85. The van der Waals surface area contributed by atoms with Gasteiger partial charge in [-0.05, 0) is 52.9 Å². The number of guanidine groups is 1. The average molecular weight is 391 g/mol. The van der Waals surface area contributed by atoms with Gasteiger partial charge in [0, 0.05) is 25.2 Å². The lowest BCUT2D eigenvalue weighted by atomic mass is 9.98. The minimum atomic E-state index is -3.26. The Bertz CT molecular complexity index is 529. The van der Waals surface area contributed by atoms with Gasteiger partial charge in [-0.3, -0.25) is 4.99 Å². The van der Waals surface area contributed by atoms with Crippen LogP contribution in [0.15, 0.2) is 4.99 Å². The maximum absolute atomic E-state index is 11.4. The van der Waals surface area contributed by atoms with Crippen molar-refractivity contribution >= 4 is 16.0 Å². The highest BCUT2D eigenvalue weighted by molar-refractivity contribution is 7.88. The first-order valence-electron chi connectivity index (χ1n) is 9.79. The summed E-state index contributed by atoms with van der Waals surface area (Å²) in [5.41, 5.74) is -0.631. The van der Waals surface area contributed by atoms with E-state index in [9.17, 15) is 8.42 Å². The van der Waals surface area contributed by atoms with E-state index < -0.39 is 15.6 Å². The molecule has 1 saturated carbocycles. The highest BCUT2D eigenvalue weighted by Gasteiger charge is 2.25. The van der Waals surface area contributed by atoms with Crippen molar-refractivity contribution in [3.63, 3.8) is 0 Å². The van der Waals surface area contributed by atoms with Crippen molar-refractivity contribution in [1.82, 2.24) is 15.4 Å². The number of ether oxygens (including phenoxy) is 1. The summed E-state index contributed by atoms with van der Waals surface area (Å²) < 4.78 is 31.5. The minimum absolute atomic E-state index is 0.307. The van der Waals surface area contributed by atoms with Crippen molar-refractivity contribution in [2.75, 3.05) is 32.5 Å². The van der Waals surface area contributed by atoms with E-state index in [1.165, 1.54) is 31.9 Å². The van der Waals surface area contributed by atoms with E-state index in [2.05, 4.69) is 27.3 Å². The van der Waals surface area contributed by atoms with Gasteiger partial charge in [0.05, 0.1) is 18.9 Å². The molecule has 1 rings (SSSR count). The standard InChI is InChI=1S/C18H38N4O3S/c1-6-19-17(21-14-18(3,4)22-26(5,23)24)20-13-12-16(25-7-2)15-10-8-9-11-15/h15-16,22H,6-14H2,1-5H3,(H2,19,20,21). The number of aliphatic imine (C=N–C) groups is 1. The first kappa shape index (κ1) is 23.2. The number of nitrogens with one attached hydrogen (secondary N) is 3. The Kier molecular flexibility index (Phi) is 9.89. The van der Waals surface area contributed by atoms with Crippen LogP contribution < -0.4 is 15.4 Å². The summed E-state index contributed by atoms with van der Waals surface area (Å²) in [4.78, 5) is 4.54. The second-order valence-corrected chi connectivity index (χ2v) is 9.46. The lowest BCUT2D eigenvalue weighted by Gasteiger charge is -2.25. The molecular weight excluding hydrogens is 352 g/mol. The second kappa shape index (κ2) is 11.1. The maximum Gasteiger partial charge on any atom is 0.209 e. The molecule has 1 fully saturated rings. The molecule has 0 saturated heterocycles. The lowest BCUT2D eigenvalue weighted by Crippen LogP contribution is -2.47. The maximum atomic E-state index is 11.4. The molecule has 0 heterocycles. The molecule has 1 aliphatic rings. The molecule has 0 radical (unpaired) electrons. The van der Waals surface area contributed by atoms with E-state index in [0.29, 0.717) is 24.5 Å². The fourth-order valence-electron chi connectivity index (χ4n) is 3.48. The molecule has 1 atom stereocenters. The van der Waals surface area contributed by atoms with E-state index in [-0.39, 0.29) is 0 Å². The molecule has 0 amide bonds. The van der Waals surface area contributed by atoms with Gasteiger partial charge in [0.25, 0.3) is 0 Å². The van der Waals surface area contributed by atoms with Crippen LogP contribution in [-0.2, 0) is 14.8 Å². The van der Waals surface area contributed by atoms with Crippen molar-refractivity contribution in [2.24, 2.45) is 10.9 Å². The summed E-state index contributed by atoms with van der Waals surface area (Å²) in [5.74, 6) is 1.38. The van der Waals surface area contributed by atoms with Crippen LogP contribution in [0.3, 0.4) is 0 Å². The topological polar surface area (TPSA) is 91.8 Å². The molecule has 0 bridgehead atoms. The Labute approximate surface area is 159 Å². The van der Waals surface area contributed by atoms with Crippen LogP contribution in [0.5, 0.6) is 0 Å². The van der Waals surface area contributed by atoms with Gasteiger partial charge in [-0.15, -0.1) is 0 Å². The van der Waals surface area contributed by atoms with Gasteiger partial charge < -0.3 is 15.4 Å². The summed E-state index contributed by atoms with van der Waals surface area (Å²) in [6.07, 6.45) is 7.59. The first-order chi connectivity index (χ1) is 12.2. The van der Waals surface area contributed by atoms with Crippen molar-refractivity contribution in [3.8, 4) is 0 Å². The van der Waals surface area contributed by atoms with Crippen molar-refractivity contribution in [2.45, 2.75) is 71.4 Å². The van der Waals surface area contributed by atoms with Gasteiger partial charge >= 0.3 is 0 Å². The third-order valence-electron chi connectivity index (χ3n) is 4.47. The molecule has 1 unspecified atom stereocenters. The number of nitrogens with zero attached hydrogens (tertiary/aromatic N) is 1. The number of sulfonamides is 1. The molecule has 0 spiro atoms. The Morgan fingerprint density at radius 3 is 2.42 bits per heavy atom. The van der Waals surface area contributed by atoms with Crippen LogP contribution in [0.2, 0.25) is 0 Å². The SMILES string of the molecule is CCNC(=NCC(C)(C)NS(C)(=O)=O)NCCC(OCC)C1CCCC1. The largest absolute Gasteiger partial charge is 0.378 e. The van der Waals surface area contributed by atoms with Gasteiger partial charge in [0.2, 0.25) is 10.0 Å². The Balaban J connectivity index is 2.55. The third-order valence-corrected chi connectivity index (χ3v) is 5.39. The van der Waals surface area contributed by atoms with E-state index in [1.807, 2.05) is 20.8 Å². The van der Waals surface area contributed by atoms with Gasteiger partial charge in [-0.1, -0.05) is 12.8 Å². The summed E-state index contributed by atoms with van der Waals surface area (Å²) in [6, 6.07) is 0. The summed E-state index contributed by atoms with van der Waals surface area (Å²) in [6.45, 7) is 10.4. The van der Waals surface area contributed by atoms with Gasteiger partial charge in [0.1, 0.15) is 0 Å². The van der Waals surface area contributed by atoms with E-state index in [1.54, 1.807) is 0 Å². The quantitative estimate of drug-likeness (QED) is 0.370. The van der Waals surface area contributed by atoms with Gasteiger partial charge in [-0.2, -0.15) is 0 Å². The minimum Gasteiger partial charge on any atom is -0.378 e. The van der Waals surface area contributed by atoms with Crippen LogP contribution >= 0.6 is 0 Å². The molecule has 0 aromatic rings. The molecule has 26 heavy (non-hydrogen) atoms. The zero-order valence-electron chi connectivity index (χ0n) is 17.1. The summed E-state index contributed by atoms with van der Waals surface area (Å²) >= 11 is 0. The Morgan fingerprint density at radius 1 is 1.23 bits per heavy atom. The fourth-order valence-corrected chi connectivity index (χ4v) is 4.55. The zero-order valence-corrected chi connectivity index (χ0v) is 17.9. The number of hydrogen-bond donors (Lipinski definition) is 3. The normalized spacial score (nSPS) is 18.1. The molecule has 3 N–H and O–H groups in total. The monoisotopic (exact) mass is 390 g/mol. The fraction of sp³-hybridized carbons (Fsp3) is 0.944. The molecular formula is C18H38N4O3S. The molecule has 154 valence electrons. The van der Waals surface area contributed by atoms with E-state index in [0.717, 1.165) is 26.1 Å². The smallest absolute Gasteiger partial charge is 0.209 e. The number of rotatable bonds is 11. The zero-order chi connectivity index (χ0) is 19.6. The Hall–Kier alpha value is -0.860. The number of hydrogen-bond acceptors (Lipinski definition) is 4. The Morgan fingerprint density at radius 2 is 1.88 bits per heavy atom. The highest BCUT2D eigenvalue weighted by Crippen LogP contribution is 2.30. The lowest BCUT2D eigenvalue weighted by molar-refractivity contribution is 0.0169. The molecule has 0 aromatic carbocycles. The molecule has 0 aromatic heterocycles. The highest BCUT2D eigenvalue weighted by atomic mass is 32.2. The van der Waals surface area contributed by atoms with E-state index >= 15 is 0 Å². The predicted molar refractivity (Wildman–Crippen MR) is 108 cm³/mol. The van der Waals surface area contributed by atoms with Gasteiger partial charge in [0.15, 0.2) is 5.96 Å². The summed E-state index contributed by atoms with van der Waals surface area (Å²) in [5, 5.41) is 6.56. The van der Waals surface area contributed by atoms with Crippen LogP contribution in [-0.4, -0.2) is 58.5 Å². The van der Waals surface area contributed by atoms with Gasteiger partial charge in [-0.25, -0.2) is 13.1 Å². The van der Waals surface area contributed by atoms with Crippen LogP contribution in [0, 0.1) is 5.92 Å². The van der Waals surface area contributed by atoms with Crippen molar-refractivity contribution in [3.05, 3.63) is 0 Å². The molecule has 1 aliphatic carbocycles. The molecule has 0 aliphatic heterocycles. The average Bonchev–Trinajstić information content (AvgIpc) is 3.03. The van der Waals surface area contributed by atoms with Crippen LogP contribution in [0.1, 0.15) is 59.8 Å². The molecule has 8 heteroatoms. The molecule has 7 nitrogen and oxygen atoms in total. The van der Waals surface area contributed by atoms with Crippen LogP contribution in [0.25, 0.3) is 0 Å². The summed E-state index contributed by atoms with van der Waals surface area (Å²) in [7, 11) is -3.26. The van der Waals surface area contributed by atoms with Crippen molar-refractivity contribution < 1.29 is 13.2 Å². The first-order valence-corrected chi connectivity index (χ1v) is 11.7. The van der Waals surface area contributed by atoms with Crippen LogP contribution in [0.4, 0.5) is 0 Å². The van der Waals surface area contributed by atoms with Crippen molar-refractivity contribution in [1.29, 1.82) is 0 Å².